The summed E-state index contributed by atoms with van der Waals surface area (Å²) in [6, 6.07) is 1.54. The fraction of sp³-hybridized carbons (Fsp3) is 0.636. The molecule has 1 aromatic rings. The fourth-order valence-electron chi connectivity index (χ4n) is 2.15. The molecule has 8 heteroatoms. The summed E-state index contributed by atoms with van der Waals surface area (Å²) < 4.78 is 28.2. The second kappa shape index (κ2) is 6.66. The molecule has 1 heterocycles. The first-order chi connectivity index (χ1) is 8.92. The van der Waals surface area contributed by atoms with Crippen LogP contribution in [0.15, 0.2) is 14.1 Å². The lowest BCUT2D eigenvalue weighted by Crippen LogP contribution is -2.37. The van der Waals surface area contributed by atoms with Crippen molar-refractivity contribution in [1.29, 1.82) is 0 Å². The minimum Gasteiger partial charge on any atom is -0.207 e. The van der Waals surface area contributed by atoms with E-state index in [0.717, 1.165) is 37.0 Å². The van der Waals surface area contributed by atoms with Crippen molar-refractivity contribution < 1.29 is 8.42 Å². The molecule has 0 radical (unpaired) electrons. The molecule has 3 nitrogen and oxygen atoms in total. The molecule has 0 aromatic carbocycles. The molecule has 0 atom stereocenters. The number of thioether (sulfide) groups is 1. The van der Waals surface area contributed by atoms with Crippen LogP contribution in [0.2, 0.25) is 5.02 Å². The Morgan fingerprint density at radius 2 is 2.05 bits per heavy atom. The summed E-state index contributed by atoms with van der Waals surface area (Å²) in [4.78, 5) is 0. The molecule has 1 aromatic heterocycles. The average Bonchev–Trinajstić information content (AvgIpc) is 2.71. The van der Waals surface area contributed by atoms with Crippen molar-refractivity contribution in [2.45, 2.75) is 41.2 Å². The number of halogens is 2. The van der Waals surface area contributed by atoms with E-state index < -0.39 is 10.0 Å². The molecular formula is C11H15BrClNO2S3. The van der Waals surface area contributed by atoms with Gasteiger partial charge in [0, 0.05) is 11.3 Å². The van der Waals surface area contributed by atoms with Gasteiger partial charge in [0.1, 0.15) is 4.21 Å². The van der Waals surface area contributed by atoms with Gasteiger partial charge in [0.25, 0.3) is 0 Å². The summed E-state index contributed by atoms with van der Waals surface area (Å²) >= 11 is 12.1. The van der Waals surface area contributed by atoms with Crippen LogP contribution in [-0.2, 0) is 10.0 Å². The number of hydrogen-bond donors (Lipinski definition) is 1. The summed E-state index contributed by atoms with van der Waals surface area (Å²) in [6.45, 7) is 0. The molecule has 0 amide bonds. The van der Waals surface area contributed by atoms with E-state index >= 15 is 0 Å². The lowest BCUT2D eigenvalue weighted by atomic mass is 9.96. The van der Waals surface area contributed by atoms with Crippen LogP contribution >= 0.6 is 50.6 Å². The van der Waals surface area contributed by atoms with Gasteiger partial charge in [0.15, 0.2) is 0 Å². The molecule has 1 aliphatic carbocycles. The summed E-state index contributed by atoms with van der Waals surface area (Å²) in [7, 11) is -3.44. The van der Waals surface area contributed by atoms with Gasteiger partial charge in [0.05, 0.1) is 8.81 Å². The molecule has 1 N–H and O–H groups in total. The number of thiophene rings is 1. The van der Waals surface area contributed by atoms with Gasteiger partial charge in [-0.3, -0.25) is 0 Å². The smallest absolute Gasteiger partial charge is 0.207 e. The molecule has 0 saturated heterocycles. The summed E-state index contributed by atoms with van der Waals surface area (Å²) in [5.41, 5.74) is 0. The molecular weight excluding hydrogens is 390 g/mol. The first kappa shape index (κ1) is 16.1. The Morgan fingerprint density at radius 3 is 2.53 bits per heavy atom. The third kappa shape index (κ3) is 4.11. The van der Waals surface area contributed by atoms with Crippen molar-refractivity contribution in [2.24, 2.45) is 0 Å². The van der Waals surface area contributed by atoms with E-state index in [9.17, 15) is 8.42 Å². The van der Waals surface area contributed by atoms with Crippen LogP contribution in [0.1, 0.15) is 25.7 Å². The highest BCUT2D eigenvalue weighted by Crippen LogP contribution is 2.35. The van der Waals surface area contributed by atoms with Crippen LogP contribution in [0.3, 0.4) is 0 Å². The van der Waals surface area contributed by atoms with Crippen molar-refractivity contribution in [2.75, 3.05) is 6.26 Å². The zero-order valence-electron chi connectivity index (χ0n) is 10.4. The van der Waals surface area contributed by atoms with Gasteiger partial charge in [-0.1, -0.05) is 11.6 Å². The quantitative estimate of drug-likeness (QED) is 0.821. The number of nitrogens with one attached hydrogen (secondary N) is 1. The van der Waals surface area contributed by atoms with Crippen LogP contribution in [0.4, 0.5) is 0 Å². The Balaban J connectivity index is 2.02. The molecule has 1 saturated carbocycles. The normalized spacial score (nSPS) is 24.6. The van der Waals surface area contributed by atoms with Crippen LogP contribution in [0.5, 0.6) is 0 Å². The lowest BCUT2D eigenvalue weighted by Gasteiger charge is -2.27. The van der Waals surface area contributed by atoms with Gasteiger partial charge in [-0.2, -0.15) is 11.8 Å². The van der Waals surface area contributed by atoms with Gasteiger partial charge in [0.2, 0.25) is 10.0 Å². The van der Waals surface area contributed by atoms with Gasteiger partial charge in [-0.15, -0.1) is 11.3 Å². The Kier molecular flexibility index (Phi) is 5.65. The van der Waals surface area contributed by atoms with Crippen molar-refractivity contribution >= 4 is 60.7 Å². The van der Waals surface area contributed by atoms with Crippen LogP contribution in [-0.4, -0.2) is 26.0 Å². The van der Waals surface area contributed by atoms with E-state index in [1.54, 1.807) is 0 Å². The van der Waals surface area contributed by atoms with Gasteiger partial charge in [-0.05, 0) is 53.9 Å². The van der Waals surface area contributed by atoms with Crippen LogP contribution < -0.4 is 4.72 Å². The third-order valence-corrected chi connectivity index (χ3v) is 8.82. The third-order valence-electron chi connectivity index (χ3n) is 3.22. The Labute approximate surface area is 135 Å². The van der Waals surface area contributed by atoms with E-state index in [-0.39, 0.29) is 10.3 Å². The van der Waals surface area contributed by atoms with Crippen molar-refractivity contribution in [3.8, 4) is 0 Å². The largest absolute Gasteiger partial charge is 0.250 e. The van der Waals surface area contributed by atoms with E-state index in [4.69, 9.17) is 11.6 Å². The highest BCUT2D eigenvalue weighted by molar-refractivity contribution is 9.11. The maximum absolute atomic E-state index is 12.2. The molecule has 1 fully saturated rings. The second-order valence-corrected chi connectivity index (χ2v) is 10.4. The van der Waals surface area contributed by atoms with E-state index in [0.29, 0.717) is 14.1 Å². The van der Waals surface area contributed by atoms with Crippen molar-refractivity contribution in [3.05, 3.63) is 14.9 Å². The Morgan fingerprint density at radius 1 is 1.42 bits per heavy atom. The highest BCUT2D eigenvalue weighted by Gasteiger charge is 2.26. The van der Waals surface area contributed by atoms with Crippen LogP contribution in [0.25, 0.3) is 0 Å². The van der Waals surface area contributed by atoms with E-state index in [1.807, 2.05) is 11.8 Å². The average molecular weight is 405 g/mol. The second-order valence-electron chi connectivity index (χ2n) is 4.52. The molecule has 19 heavy (non-hydrogen) atoms. The maximum atomic E-state index is 12.2. The molecule has 0 bridgehead atoms. The zero-order chi connectivity index (χ0) is 14.0. The fourth-order valence-corrected chi connectivity index (χ4v) is 6.62. The predicted molar refractivity (Wildman–Crippen MR) is 86.9 cm³/mol. The molecule has 0 spiro atoms. The maximum Gasteiger partial charge on any atom is 0.250 e. The standard InChI is InChI=1S/C11H15BrClNO2S3/c1-17-8-4-2-7(3-5-8)14-19(15,16)10-6-9(13)11(12)18-10/h6-8,14H,2-5H2,1H3. The van der Waals surface area contributed by atoms with E-state index in [1.165, 1.54) is 6.07 Å². The molecule has 1 aliphatic rings. The number of rotatable bonds is 4. The molecule has 0 unspecified atom stereocenters. The first-order valence-corrected chi connectivity index (χ1v) is 10.7. The topological polar surface area (TPSA) is 46.2 Å². The van der Waals surface area contributed by atoms with E-state index in [2.05, 4.69) is 26.9 Å². The number of sulfonamides is 1. The van der Waals surface area contributed by atoms with Gasteiger partial charge in [-0.25, -0.2) is 13.1 Å². The zero-order valence-corrected chi connectivity index (χ0v) is 15.1. The number of hydrogen-bond acceptors (Lipinski definition) is 4. The summed E-state index contributed by atoms with van der Waals surface area (Å²) in [5.74, 6) is 0. The first-order valence-electron chi connectivity index (χ1n) is 5.92. The summed E-state index contributed by atoms with van der Waals surface area (Å²) in [5, 5.41) is 1.11. The molecule has 2 rings (SSSR count). The van der Waals surface area contributed by atoms with Crippen molar-refractivity contribution in [1.82, 2.24) is 4.72 Å². The predicted octanol–water partition coefficient (Wildman–Crippen LogP) is 4.12. The SMILES string of the molecule is CSC1CCC(NS(=O)(=O)c2cc(Cl)c(Br)s2)CC1. The summed E-state index contributed by atoms with van der Waals surface area (Å²) in [6.07, 6.45) is 6.07. The minimum absolute atomic E-state index is 0.0491. The Bertz CT molecular complexity index is 519. The minimum atomic E-state index is -3.44. The molecule has 108 valence electrons. The monoisotopic (exact) mass is 403 g/mol. The van der Waals surface area contributed by atoms with Gasteiger partial charge < -0.3 is 0 Å². The van der Waals surface area contributed by atoms with Crippen LogP contribution in [0, 0.1) is 0 Å². The van der Waals surface area contributed by atoms with Crippen molar-refractivity contribution in [3.63, 3.8) is 0 Å². The van der Waals surface area contributed by atoms with Gasteiger partial charge >= 0.3 is 0 Å². The lowest BCUT2D eigenvalue weighted by molar-refractivity contribution is 0.420. The highest BCUT2D eigenvalue weighted by atomic mass is 79.9. The molecule has 0 aliphatic heterocycles. The Hall–Kier alpha value is 0.730.